The van der Waals surface area contributed by atoms with Gasteiger partial charge < -0.3 is 25.7 Å². The van der Waals surface area contributed by atoms with Gasteiger partial charge in [-0.3, -0.25) is 14.9 Å². The number of carbonyl (C=O) groups is 3. The summed E-state index contributed by atoms with van der Waals surface area (Å²) in [5.74, 6) is 0.448. The molecular weight excluding hydrogens is 536 g/mol. The van der Waals surface area contributed by atoms with Crippen molar-refractivity contribution in [1.29, 1.82) is 0 Å². The van der Waals surface area contributed by atoms with Crippen LogP contribution in [0.2, 0.25) is 0 Å². The molecule has 0 bridgehead atoms. The maximum atomic E-state index is 12.9. The van der Waals surface area contributed by atoms with Crippen molar-refractivity contribution in [1.82, 2.24) is 10.6 Å². The van der Waals surface area contributed by atoms with Crippen molar-refractivity contribution in [3.63, 3.8) is 0 Å². The fourth-order valence-electron chi connectivity index (χ4n) is 10.3. The molecule has 0 aromatic heterocycles. The third kappa shape index (κ3) is 6.68. The highest BCUT2D eigenvalue weighted by atomic mass is 16.4. The van der Waals surface area contributed by atoms with E-state index in [1.54, 1.807) is 13.8 Å². The van der Waals surface area contributed by atoms with E-state index < -0.39 is 42.6 Å². The highest BCUT2D eigenvalue weighted by Gasteiger charge is 2.60. The third-order valence-electron chi connectivity index (χ3n) is 12.6. The van der Waals surface area contributed by atoms with Crippen LogP contribution in [-0.4, -0.2) is 62.7 Å². The second-order valence-corrected chi connectivity index (χ2v) is 15.3. The van der Waals surface area contributed by atoms with Gasteiger partial charge in [-0.25, -0.2) is 4.79 Å². The molecule has 4 aliphatic rings. The molecule has 12 atom stereocenters. The zero-order valence-electron chi connectivity index (χ0n) is 26.3. The Morgan fingerprint density at radius 3 is 2.19 bits per heavy atom. The molecule has 0 aliphatic heterocycles. The van der Waals surface area contributed by atoms with E-state index in [1.165, 1.54) is 44.9 Å². The molecule has 42 heavy (non-hydrogen) atoms. The number of rotatable bonds is 12. The highest BCUT2D eigenvalue weighted by Crippen LogP contribution is 2.68. The molecule has 0 spiro atoms. The predicted octanol–water partition coefficient (Wildman–Crippen LogP) is 4.40. The van der Waals surface area contributed by atoms with Crippen molar-refractivity contribution >= 4 is 17.8 Å². The summed E-state index contributed by atoms with van der Waals surface area (Å²) in [6, 6.07) is -2.37. The van der Waals surface area contributed by atoms with Gasteiger partial charge in [-0.05, 0) is 123 Å². The maximum Gasteiger partial charge on any atom is 0.326 e. The number of hydrogen-bond acceptors (Lipinski definition) is 6. The SMILES string of the molecule is CC(C)[C@H](NC(O)CC[C@@H](C)[C@H]1CC[C@H]2[C@@H]3CC[C@@H]4C[C@H](O)CC[C@]4(C)[C@H]3CC[C@]12C)C(=O)N[C@@H](CC(=O)O)C(=O)O. The van der Waals surface area contributed by atoms with E-state index in [9.17, 15) is 29.7 Å². The minimum Gasteiger partial charge on any atom is -0.481 e. The lowest BCUT2D eigenvalue weighted by molar-refractivity contribution is -0.147. The van der Waals surface area contributed by atoms with Crippen LogP contribution in [0.25, 0.3) is 0 Å². The number of aliphatic carboxylic acids is 2. The lowest BCUT2D eigenvalue weighted by Gasteiger charge is -2.61. The fourth-order valence-corrected chi connectivity index (χ4v) is 10.3. The summed E-state index contributed by atoms with van der Waals surface area (Å²) in [7, 11) is 0. The summed E-state index contributed by atoms with van der Waals surface area (Å²) in [5, 5.41) is 44.8. The molecule has 4 aliphatic carbocycles. The van der Waals surface area contributed by atoms with Gasteiger partial charge in [0.25, 0.3) is 0 Å². The lowest BCUT2D eigenvalue weighted by atomic mass is 9.44. The van der Waals surface area contributed by atoms with Gasteiger partial charge in [0.15, 0.2) is 0 Å². The Bertz CT molecular complexity index is 989. The molecular formula is C33H56N2O7. The van der Waals surface area contributed by atoms with E-state index in [0.717, 1.165) is 37.0 Å². The first kappa shape index (κ1) is 33.2. The molecule has 4 rings (SSSR count). The number of carbonyl (C=O) groups excluding carboxylic acids is 1. The van der Waals surface area contributed by atoms with Gasteiger partial charge in [0.1, 0.15) is 12.3 Å². The van der Waals surface area contributed by atoms with Crippen molar-refractivity contribution in [3.05, 3.63) is 0 Å². The fraction of sp³-hybridized carbons (Fsp3) is 0.909. The largest absolute Gasteiger partial charge is 0.481 e. The van der Waals surface area contributed by atoms with Crippen molar-refractivity contribution in [2.75, 3.05) is 0 Å². The van der Waals surface area contributed by atoms with Crippen molar-refractivity contribution < 1.29 is 34.8 Å². The van der Waals surface area contributed by atoms with Crippen LogP contribution >= 0.6 is 0 Å². The smallest absolute Gasteiger partial charge is 0.326 e. The van der Waals surface area contributed by atoms with Gasteiger partial charge in [-0.1, -0.05) is 34.6 Å². The molecule has 240 valence electrons. The van der Waals surface area contributed by atoms with Crippen LogP contribution in [0.15, 0.2) is 0 Å². The number of aliphatic hydroxyl groups excluding tert-OH is 2. The first-order valence-electron chi connectivity index (χ1n) is 16.5. The Labute approximate surface area is 251 Å². The van der Waals surface area contributed by atoms with Crippen LogP contribution in [0.5, 0.6) is 0 Å². The van der Waals surface area contributed by atoms with E-state index in [1.807, 2.05) is 0 Å². The zero-order valence-corrected chi connectivity index (χ0v) is 26.3. The molecule has 0 aromatic carbocycles. The van der Waals surface area contributed by atoms with E-state index in [-0.39, 0.29) is 12.0 Å². The Morgan fingerprint density at radius 2 is 1.55 bits per heavy atom. The van der Waals surface area contributed by atoms with Crippen molar-refractivity contribution in [3.8, 4) is 0 Å². The molecule has 0 radical (unpaired) electrons. The first-order valence-corrected chi connectivity index (χ1v) is 16.5. The second-order valence-electron chi connectivity index (χ2n) is 15.3. The summed E-state index contributed by atoms with van der Waals surface area (Å²) >= 11 is 0. The number of fused-ring (bicyclic) bond motifs is 5. The van der Waals surface area contributed by atoms with Crippen molar-refractivity contribution in [2.24, 2.45) is 52.3 Å². The number of amides is 1. The van der Waals surface area contributed by atoms with E-state index in [2.05, 4.69) is 31.4 Å². The lowest BCUT2D eigenvalue weighted by Crippen LogP contribution is -2.55. The van der Waals surface area contributed by atoms with Crippen LogP contribution in [0.4, 0.5) is 0 Å². The Balaban J connectivity index is 1.33. The van der Waals surface area contributed by atoms with Gasteiger partial charge in [0, 0.05) is 0 Å². The summed E-state index contributed by atoms with van der Waals surface area (Å²) in [6.07, 6.45) is 10.3. The summed E-state index contributed by atoms with van der Waals surface area (Å²) in [5.41, 5.74) is 0.687. The highest BCUT2D eigenvalue weighted by molar-refractivity contribution is 5.89. The number of carboxylic acid groups (broad SMARTS) is 2. The van der Waals surface area contributed by atoms with Gasteiger partial charge >= 0.3 is 11.9 Å². The second kappa shape index (κ2) is 13.1. The van der Waals surface area contributed by atoms with Crippen LogP contribution in [0.1, 0.15) is 112 Å². The predicted molar refractivity (Wildman–Crippen MR) is 159 cm³/mol. The van der Waals surface area contributed by atoms with Gasteiger partial charge in [0.05, 0.1) is 18.6 Å². The van der Waals surface area contributed by atoms with Crippen LogP contribution in [-0.2, 0) is 14.4 Å². The maximum absolute atomic E-state index is 12.9. The quantitative estimate of drug-likeness (QED) is 0.182. The van der Waals surface area contributed by atoms with Crippen molar-refractivity contribution in [2.45, 2.75) is 136 Å². The molecule has 1 unspecified atom stereocenters. The Morgan fingerprint density at radius 1 is 0.881 bits per heavy atom. The molecule has 9 heteroatoms. The molecule has 1 amide bonds. The number of nitrogens with one attached hydrogen (secondary N) is 2. The Kier molecular flexibility index (Phi) is 10.4. The van der Waals surface area contributed by atoms with Crippen LogP contribution in [0.3, 0.4) is 0 Å². The molecule has 0 heterocycles. The third-order valence-corrected chi connectivity index (χ3v) is 12.6. The number of hydrogen-bond donors (Lipinski definition) is 6. The summed E-state index contributed by atoms with van der Waals surface area (Å²) in [6.45, 7) is 11.0. The van der Waals surface area contributed by atoms with Gasteiger partial charge in [0.2, 0.25) is 5.91 Å². The van der Waals surface area contributed by atoms with Crippen LogP contribution < -0.4 is 10.6 Å². The summed E-state index contributed by atoms with van der Waals surface area (Å²) < 4.78 is 0. The zero-order chi connectivity index (χ0) is 31.0. The molecule has 9 nitrogen and oxygen atoms in total. The molecule has 4 saturated carbocycles. The first-order chi connectivity index (χ1) is 19.7. The summed E-state index contributed by atoms with van der Waals surface area (Å²) in [4.78, 5) is 35.3. The molecule has 4 fully saturated rings. The number of carboxylic acids is 2. The topological polar surface area (TPSA) is 156 Å². The Hall–Kier alpha value is -1.71. The van der Waals surface area contributed by atoms with Gasteiger partial charge in [-0.15, -0.1) is 0 Å². The van der Waals surface area contributed by atoms with E-state index >= 15 is 0 Å². The minimum atomic E-state index is -1.52. The van der Waals surface area contributed by atoms with Crippen LogP contribution in [0, 0.1) is 52.3 Å². The molecule has 0 aromatic rings. The average Bonchev–Trinajstić information content (AvgIpc) is 3.27. The average molecular weight is 593 g/mol. The molecule has 0 saturated heterocycles. The monoisotopic (exact) mass is 592 g/mol. The molecule has 6 N–H and O–H groups in total. The standard InChI is InChI=1S/C33H56N2O7/c1-18(2)29(30(40)34-26(31(41)42)17-28(38)39)35-27(37)11-6-19(3)23-9-10-24-22-8-7-20-16-21(36)12-14-32(20,4)25(22)13-15-33(23,24)5/h18-27,29,35-37H,6-17H2,1-5H3,(H,34,40)(H,38,39)(H,41,42)/t19-,20-,21-,22+,23-,24+,25+,26+,27?,29+,32+,33-/m1/s1. The number of aliphatic hydroxyl groups is 2. The minimum absolute atomic E-state index is 0.112. The van der Waals surface area contributed by atoms with E-state index in [4.69, 9.17) is 5.11 Å². The van der Waals surface area contributed by atoms with Gasteiger partial charge in [-0.2, -0.15) is 0 Å². The van der Waals surface area contributed by atoms with E-state index in [0.29, 0.717) is 35.0 Å². The normalized spacial score (nSPS) is 38.9.